The average Bonchev–Trinajstić information content (AvgIpc) is 2.95. The van der Waals surface area contributed by atoms with Crippen LogP contribution >= 0.6 is 0 Å². The van der Waals surface area contributed by atoms with E-state index >= 15 is 0 Å². The normalized spacial score (nSPS) is 12.1. The van der Waals surface area contributed by atoms with Gasteiger partial charge in [-0.2, -0.15) is 8.42 Å². The number of carbonyl (C=O) groups excluding carboxylic acids is 1. The SMILES string of the molecule is COC(=O)c1ccccc1/N=N/c1cc(S(=O)(=O)O)c(N)c(/N=N/c2cc(NCCS(=O)(=O)CCO)ccc2OC)c1N. The molecule has 0 saturated carbocycles. The minimum absolute atomic E-state index is 0.0367. The molecule has 0 atom stereocenters. The largest absolute Gasteiger partial charge is 0.494 e. The van der Waals surface area contributed by atoms with Crippen LogP contribution in [0.1, 0.15) is 10.4 Å². The number of esters is 1. The van der Waals surface area contributed by atoms with Gasteiger partial charge in [0.25, 0.3) is 10.1 Å². The van der Waals surface area contributed by atoms with Crippen molar-refractivity contribution in [2.24, 2.45) is 20.5 Å². The maximum Gasteiger partial charge on any atom is 0.340 e. The number of nitrogens with zero attached hydrogens (tertiary/aromatic N) is 4. The van der Waals surface area contributed by atoms with Crippen molar-refractivity contribution in [2.75, 3.05) is 55.7 Å². The molecule has 7 N–H and O–H groups in total. The molecule has 0 aromatic heterocycles. The Morgan fingerprint density at radius 1 is 0.884 bits per heavy atom. The van der Waals surface area contributed by atoms with Gasteiger partial charge in [0.15, 0.2) is 9.84 Å². The zero-order valence-corrected chi connectivity index (χ0v) is 24.6. The smallest absolute Gasteiger partial charge is 0.340 e. The number of aliphatic hydroxyl groups is 1. The van der Waals surface area contributed by atoms with Gasteiger partial charge >= 0.3 is 5.97 Å². The lowest BCUT2D eigenvalue weighted by molar-refractivity contribution is 0.0601. The van der Waals surface area contributed by atoms with Gasteiger partial charge in [0.05, 0.1) is 49.3 Å². The summed E-state index contributed by atoms with van der Waals surface area (Å²) in [7, 11) is -5.78. The van der Waals surface area contributed by atoms with E-state index < -0.39 is 43.1 Å². The summed E-state index contributed by atoms with van der Waals surface area (Å²) < 4.78 is 67.7. The molecule has 0 aliphatic carbocycles. The van der Waals surface area contributed by atoms with Crippen LogP contribution in [-0.4, -0.2) is 71.3 Å². The molecular formula is C25H29N7O9S2. The van der Waals surface area contributed by atoms with Crippen LogP contribution in [0.5, 0.6) is 5.75 Å². The summed E-state index contributed by atoms with van der Waals surface area (Å²) in [5, 5.41) is 27.8. The molecular weight excluding hydrogens is 606 g/mol. The van der Waals surface area contributed by atoms with Gasteiger partial charge in [0, 0.05) is 12.2 Å². The minimum atomic E-state index is -4.89. The molecule has 16 nitrogen and oxygen atoms in total. The molecule has 0 radical (unpaired) electrons. The number of nitrogens with two attached hydrogens (primary N) is 2. The molecule has 0 saturated heterocycles. The highest BCUT2D eigenvalue weighted by atomic mass is 32.2. The third-order valence-electron chi connectivity index (χ3n) is 5.75. The maximum absolute atomic E-state index is 12.1. The monoisotopic (exact) mass is 635 g/mol. The lowest BCUT2D eigenvalue weighted by Gasteiger charge is -2.12. The first-order valence-corrected chi connectivity index (χ1v) is 15.5. The van der Waals surface area contributed by atoms with Crippen LogP contribution in [0.25, 0.3) is 0 Å². The van der Waals surface area contributed by atoms with Crippen molar-refractivity contribution in [3.05, 3.63) is 54.1 Å². The zero-order valence-electron chi connectivity index (χ0n) is 23.0. The van der Waals surface area contributed by atoms with E-state index in [1.165, 1.54) is 38.5 Å². The van der Waals surface area contributed by atoms with Crippen molar-refractivity contribution in [1.82, 2.24) is 0 Å². The second kappa shape index (κ2) is 14.0. The highest BCUT2D eigenvalue weighted by molar-refractivity contribution is 7.91. The first-order valence-electron chi connectivity index (χ1n) is 12.2. The van der Waals surface area contributed by atoms with E-state index in [0.717, 1.165) is 6.07 Å². The number of carbonyl (C=O) groups is 1. The number of sulfone groups is 1. The fourth-order valence-electron chi connectivity index (χ4n) is 3.59. The molecule has 43 heavy (non-hydrogen) atoms. The predicted molar refractivity (Wildman–Crippen MR) is 158 cm³/mol. The molecule has 0 heterocycles. The van der Waals surface area contributed by atoms with Gasteiger partial charge in [-0.3, -0.25) is 4.55 Å². The van der Waals surface area contributed by atoms with Crippen LogP contribution in [0, 0.1) is 0 Å². The topological polar surface area (TPSA) is 258 Å². The second-order valence-electron chi connectivity index (χ2n) is 8.64. The number of nitrogen functional groups attached to an aromatic ring is 2. The van der Waals surface area contributed by atoms with Gasteiger partial charge in [0.1, 0.15) is 33.4 Å². The first kappa shape index (κ1) is 32.9. The van der Waals surface area contributed by atoms with Gasteiger partial charge in [-0.05, 0) is 36.4 Å². The second-order valence-corrected chi connectivity index (χ2v) is 12.3. The lowest BCUT2D eigenvalue weighted by Crippen LogP contribution is -2.20. The molecule has 3 aromatic rings. The number of rotatable bonds is 13. The van der Waals surface area contributed by atoms with Crippen molar-refractivity contribution >= 4 is 65.7 Å². The van der Waals surface area contributed by atoms with Crippen LogP contribution in [0.15, 0.2) is 73.9 Å². The van der Waals surface area contributed by atoms with E-state index in [4.69, 9.17) is 26.0 Å². The summed E-state index contributed by atoms with van der Waals surface area (Å²) in [5.74, 6) is -1.04. The van der Waals surface area contributed by atoms with Crippen LogP contribution in [0.3, 0.4) is 0 Å². The van der Waals surface area contributed by atoms with E-state index in [0.29, 0.717) is 5.69 Å². The van der Waals surface area contributed by atoms with E-state index in [-0.39, 0.29) is 57.8 Å². The summed E-state index contributed by atoms with van der Waals surface area (Å²) in [6.07, 6.45) is 0. The lowest BCUT2D eigenvalue weighted by atomic mass is 10.2. The summed E-state index contributed by atoms with van der Waals surface area (Å²) in [6.45, 7) is -0.445. The molecule has 0 bridgehead atoms. The van der Waals surface area contributed by atoms with Gasteiger partial charge in [-0.25, -0.2) is 13.2 Å². The van der Waals surface area contributed by atoms with E-state index in [2.05, 4.69) is 25.8 Å². The predicted octanol–water partition coefficient (Wildman–Crippen LogP) is 3.54. The molecule has 0 amide bonds. The summed E-state index contributed by atoms with van der Waals surface area (Å²) in [4.78, 5) is 11.3. The number of anilines is 3. The number of ether oxygens (including phenoxy) is 2. The molecule has 0 unspecified atom stereocenters. The molecule has 0 fully saturated rings. The highest BCUT2D eigenvalue weighted by Gasteiger charge is 2.23. The fraction of sp³-hybridized carbons (Fsp3) is 0.240. The Kier molecular flexibility index (Phi) is 10.7. The fourth-order valence-corrected chi connectivity index (χ4v) is 5.12. The van der Waals surface area contributed by atoms with Gasteiger partial charge in [-0.1, -0.05) is 12.1 Å². The molecule has 230 valence electrons. The van der Waals surface area contributed by atoms with Crippen molar-refractivity contribution in [3.63, 3.8) is 0 Å². The Balaban J connectivity index is 2.04. The summed E-state index contributed by atoms with van der Waals surface area (Å²) in [6, 6.07) is 11.6. The van der Waals surface area contributed by atoms with Crippen molar-refractivity contribution in [3.8, 4) is 5.75 Å². The Labute approximate surface area is 247 Å². The Bertz CT molecular complexity index is 1780. The van der Waals surface area contributed by atoms with Crippen molar-refractivity contribution in [1.29, 1.82) is 0 Å². The summed E-state index contributed by atoms with van der Waals surface area (Å²) >= 11 is 0. The van der Waals surface area contributed by atoms with Crippen LogP contribution in [-0.2, 0) is 24.7 Å². The van der Waals surface area contributed by atoms with E-state index in [1.54, 1.807) is 18.2 Å². The average molecular weight is 636 g/mol. The quantitative estimate of drug-likeness (QED) is 0.0782. The molecule has 0 spiro atoms. The number of nitrogens with one attached hydrogen (secondary N) is 1. The molecule has 0 aliphatic rings. The number of hydrogen-bond donors (Lipinski definition) is 5. The van der Waals surface area contributed by atoms with E-state index in [1.807, 2.05) is 0 Å². The molecule has 18 heteroatoms. The van der Waals surface area contributed by atoms with Gasteiger partial charge in [-0.15, -0.1) is 20.5 Å². The Morgan fingerprint density at radius 2 is 1.56 bits per heavy atom. The minimum Gasteiger partial charge on any atom is -0.494 e. The molecule has 3 rings (SSSR count). The van der Waals surface area contributed by atoms with E-state index in [9.17, 15) is 26.2 Å². The number of azo groups is 2. The number of methoxy groups -OCH3 is 2. The molecule has 0 aliphatic heterocycles. The number of hydrogen-bond acceptors (Lipinski definition) is 15. The maximum atomic E-state index is 12.1. The molecule has 3 aromatic carbocycles. The standard InChI is InChI=1S/C25H29N7O9S2/c1-40-20-8-7-15(28-9-11-42(35,36)12-10-33)13-18(20)30-32-24-22(26)19(14-21(23(24)27)43(37,38)39)31-29-17-6-4-3-5-16(17)25(34)41-2/h3-8,13-14,28,33H,9-12,26-27H2,1-2H3,(H,37,38,39)/b31-29+,32-30+. The summed E-state index contributed by atoms with van der Waals surface area (Å²) in [5.41, 5.74) is 11.5. The van der Waals surface area contributed by atoms with Gasteiger partial charge in [0.2, 0.25) is 0 Å². The van der Waals surface area contributed by atoms with Crippen molar-refractivity contribution in [2.45, 2.75) is 4.90 Å². The van der Waals surface area contributed by atoms with Crippen LogP contribution in [0.4, 0.5) is 39.8 Å². The van der Waals surface area contributed by atoms with Crippen molar-refractivity contribution < 1.29 is 40.8 Å². The first-order chi connectivity index (χ1) is 20.3. The third kappa shape index (κ3) is 8.44. The highest BCUT2D eigenvalue weighted by Crippen LogP contribution is 2.44. The van der Waals surface area contributed by atoms with Crippen LogP contribution < -0.4 is 21.5 Å². The third-order valence-corrected chi connectivity index (χ3v) is 8.28. The Morgan fingerprint density at radius 3 is 2.21 bits per heavy atom. The Hall–Kier alpha value is -4.65. The van der Waals surface area contributed by atoms with Crippen LogP contribution in [0.2, 0.25) is 0 Å². The number of benzene rings is 3. The number of aliphatic hydroxyl groups excluding tert-OH is 1. The zero-order chi connectivity index (χ0) is 31.8. The van der Waals surface area contributed by atoms with Gasteiger partial charge < -0.3 is 31.4 Å².